The summed E-state index contributed by atoms with van der Waals surface area (Å²) in [6.07, 6.45) is 0.260. The van der Waals surface area contributed by atoms with Crippen molar-refractivity contribution in [3.63, 3.8) is 0 Å². The predicted octanol–water partition coefficient (Wildman–Crippen LogP) is 3.63. The normalized spacial score (nSPS) is 18.9. The minimum absolute atomic E-state index is 0.148. The van der Waals surface area contributed by atoms with Gasteiger partial charge in [0, 0.05) is 35.3 Å². The van der Waals surface area contributed by atoms with Gasteiger partial charge in [-0.15, -0.1) is 0 Å². The molecule has 1 fully saturated rings. The van der Waals surface area contributed by atoms with Gasteiger partial charge >= 0.3 is 6.09 Å². The lowest BCUT2D eigenvalue weighted by Gasteiger charge is -2.24. The maximum absolute atomic E-state index is 14.2. The summed E-state index contributed by atoms with van der Waals surface area (Å²) in [5.41, 5.74) is 4.57. The maximum Gasteiger partial charge on any atom is 0.408 e. The lowest BCUT2D eigenvalue weighted by atomic mass is 9.94. The van der Waals surface area contributed by atoms with E-state index in [0.29, 0.717) is 29.2 Å². The molecule has 0 unspecified atom stereocenters. The second-order valence-electron chi connectivity index (χ2n) is 11.2. The Balaban J connectivity index is 1.93. The lowest BCUT2D eigenvalue weighted by Crippen LogP contribution is -2.44. The Morgan fingerprint density at radius 1 is 1.20 bits per heavy atom. The molecule has 0 spiro atoms. The Bertz CT molecular complexity index is 1360. The Morgan fingerprint density at radius 3 is 2.50 bits per heavy atom. The summed E-state index contributed by atoms with van der Waals surface area (Å²) >= 11 is 0. The summed E-state index contributed by atoms with van der Waals surface area (Å²) in [5.74, 6) is 4.81. The van der Waals surface area contributed by atoms with Gasteiger partial charge in [-0.05, 0) is 53.2 Å². The largest absolute Gasteiger partial charge is 0.496 e. The number of nitrogens with one attached hydrogen (secondary N) is 2. The summed E-state index contributed by atoms with van der Waals surface area (Å²) in [7, 11) is 1.41. The highest BCUT2D eigenvalue weighted by atomic mass is 19.1. The topological polar surface area (TPSA) is 142 Å². The van der Waals surface area contributed by atoms with Crippen LogP contribution in [0.4, 0.5) is 9.18 Å². The van der Waals surface area contributed by atoms with Gasteiger partial charge in [-0.3, -0.25) is 9.59 Å². The Labute approximate surface area is 233 Å². The summed E-state index contributed by atoms with van der Waals surface area (Å²) in [6, 6.07) is 2.80. The number of fused-ring (bicyclic) bond motifs is 1. The molecule has 2 heterocycles. The van der Waals surface area contributed by atoms with Crippen LogP contribution in [-0.4, -0.2) is 60.0 Å². The monoisotopic (exact) mass is 556 g/mol. The predicted molar refractivity (Wildman–Crippen MR) is 148 cm³/mol. The number of alkyl halides is 1. The molecule has 3 amide bonds. The molecular weight excluding hydrogens is 519 g/mol. The van der Waals surface area contributed by atoms with Crippen LogP contribution in [0.15, 0.2) is 18.3 Å². The molecule has 0 saturated carbocycles. The molecule has 11 heteroatoms. The second kappa shape index (κ2) is 12.0. The van der Waals surface area contributed by atoms with Crippen molar-refractivity contribution in [2.45, 2.75) is 77.7 Å². The Hall–Kier alpha value is -4.07. The van der Waals surface area contributed by atoms with E-state index in [0.717, 1.165) is 0 Å². The summed E-state index contributed by atoms with van der Waals surface area (Å²) in [6.45, 7) is 10.7. The number of pyridine rings is 1. The van der Waals surface area contributed by atoms with Gasteiger partial charge < -0.3 is 30.6 Å². The van der Waals surface area contributed by atoms with Crippen molar-refractivity contribution in [2.75, 3.05) is 13.7 Å². The number of amides is 3. The Morgan fingerprint density at radius 2 is 1.90 bits per heavy atom. The number of benzene rings is 1. The van der Waals surface area contributed by atoms with Gasteiger partial charge in [-0.2, -0.15) is 0 Å². The molecule has 3 atom stereocenters. The van der Waals surface area contributed by atoms with Crippen LogP contribution in [-0.2, 0) is 9.53 Å². The molecule has 40 heavy (non-hydrogen) atoms. The molecule has 1 aromatic carbocycles. The van der Waals surface area contributed by atoms with Crippen LogP contribution in [0.2, 0.25) is 0 Å². The average Bonchev–Trinajstić information content (AvgIpc) is 3.12. The third-order valence-electron chi connectivity index (χ3n) is 6.37. The van der Waals surface area contributed by atoms with Crippen LogP contribution in [0, 0.1) is 17.8 Å². The first-order valence-corrected chi connectivity index (χ1v) is 13.1. The van der Waals surface area contributed by atoms with E-state index in [9.17, 15) is 18.8 Å². The quantitative estimate of drug-likeness (QED) is 0.422. The summed E-state index contributed by atoms with van der Waals surface area (Å²) < 4.78 is 30.8. The Kier molecular flexibility index (Phi) is 9.13. The SMILES string of the molecule is CC[C@@H]1[C@H](F)C(=O)N[C@@H]1CCOc1ncc(C#CC(C)(C)NC(=O)OC(C)(C)C)c2cc(C(N)=O)c(OC)cc12. The average molecular weight is 557 g/mol. The van der Waals surface area contributed by atoms with Crippen molar-refractivity contribution in [2.24, 2.45) is 11.7 Å². The lowest BCUT2D eigenvalue weighted by molar-refractivity contribution is -0.123. The van der Waals surface area contributed by atoms with Gasteiger partial charge in [0.05, 0.1) is 30.4 Å². The number of ether oxygens (including phenoxy) is 3. The van der Waals surface area contributed by atoms with Gasteiger partial charge in [-0.25, -0.2) is 14.2 Å². The number of nitrogens with zero attached hydrogens (tertiary/aromatic N) is 1. The van der Waals surface area contributed by atoms with Gasteiger partial charge in [0.25, 0.3) is 11.8 Å². The number of carbonyl (C=O) groups excluding carboxylic acids is 3. The molecule has 216 valence electrons. The molecule has 1 aromatic heterocycles. The molecule has 2 aromatic rings. The molecule has 0 bridgehead atoms. The number of halogens is 1. The van der Waals surface area contributed by atoms with E-state index in [-0.39, 0.29) is 29.8 Å². The number of methoxy groups -OCH3 is 1. The van der Waals surface area contributed by atoms with Crippen molar-refractivity contribution >= 4 is 28.7 Å². The smallest absolute Gasteiger partial charge is 0.408 e. The van der Waals surface area contributed by atoms with E-state index in [1.807, 2.05) is 6.92 Å². The number of rotatable bonds is 8. The van der Waals surface area contributed by atoms with Gasteiger partial charge in [0.15, 0.2) is 6.17 Å². The fourth-order valence-electron chi connectivity index (χ4n) is 4.46. The first-order chi connectivity index (χ1) is 18.7. The third-order valence-corrected chi connectivity index (χ3v) is 6.37. The van der Waals surface area contributed by atoms with Crippen molar-refractivity contribution in [1.82, 2.24) is 15.6 Å². The summed E-state index contributed by atoms with van der Waals surface area (Å²) in [4.78, 5) is 40.6. The van der Waals surface area contributed by atoms with E-state index < -0.39 is 41.1 Å². The number of nitrogens with two attached hydrogens (primary N) is 1. The third kappa shape index (κ3) is 7.31. The van der Waals surface area contributed by atoms with Crippen LogP contribution in [0.3, 0.4) is 0 Å². The molecule has 10 nitrogen and oxygen atoms in total. The molecule has 4 N–H and O–H groups in total. The number of alkyl carbamates (subject to hydrolysis) is 1. The molecule has 0 aliphatic carbocycles. The van der Waals surface area contributed by atoms with Crippen molar-refractivity contribution < 1.29 is 33.0 Å². The van der Waals surface area contributed by atoms with Crippen LogP contribution < -0.4 is 25.8 Å². The fraction of sp³-hybridized carbons (Fsp3) is 0.517. The van der Waals surface area contributed by atoms with E-state index in [1.54, 1.807) is 46.8 Å². The van der Waals surface area contributed by atoms with E-state index in [4.69, 9.17) is 19.9 Å². The van der Waals surface area contributed by atoms with Crippen LogP contribution in [0.25, 0.3) is 10.8 Å². The molecule has 0 radical (unpaired) electrons. The van der Waals surface area contributed by atoms with Crippen molar-refractivity contribution in [3.05, 3.63) is 29.5 Å². The number of hydrogen-bond donors (Lipinski definition) is 3. The highest BCUT2D eigenvalue weighted by Gasteiger charge is 2.41. The van der Waals surface area contributed by atoms with Crippen molar-refractivity contribution in [1.29, 1.82) is 0 Å². The minimum Gasteiger partial charge on any atom is -0.496 e. The molecule has 1 saturated heterocycles. The highest BCUT2D eigenvalue weighted by molar-refractivity contribution is 6.03. The number of carbonyl (C=O) groups is 3. The van der Waals surface area contributed by atoms with Gasteiger partial charge in [0.1, 0.15) is 11.4 Å². The summed E-state index contributed by atoms with van der Waals surface area (Å²) in [5, 5.41) is 6.46. The number of aromatic nitrogens is 1. The van der Waals surface area contributed by atoms with Crippen LogP contribution >= 0.6 is 0 Å². The highest BCUT2D eigenvalue weighted by Crippen LogP contribution is 2.33. The van der Waals surface area contributed by atoms with Crippen LogP contribution in [0.1, 0.15) is 70.3 Å². The number of hydrogen-bond acceptors (Lipinski definition) is 7. The standard InChI is InChI=1S/C29H37FN4O6/c1-8-17-21(33-25(36)23(17)30)10-12-39-26-19-14-22(38-7)20(24(31)35)13-18(19)16(15-32-26)9-11-29(5,6)34-27(37)40-28(2,3)4/h13-15,17,21,23H,8,10,12H2,1-7H3,(H2,31,35)(H,33,36)(H,34,37)/t17-,21+,23-/m0/s1. The molecule has 1 aliphatic rings. The maximum atomic E-state index is 14.2. The fourth-order valence-corrected chi connectivity index (χ4v) is 4.46. The van der Waals surface area contributed by atoms with E-state index >= 15 is 0 Å². The van der Waals surface area contributed by atoms with Crippen molar-refractivity contribution in [3.8, 4) is 23.5 Å². The number of primary amides is 1. The first-order valence-electron chi connectivity index (χ1n) is 13.1. The minimum atomic E-state index is -1.53. The molecule has 1 aliphatic heterocycles. The van der Waals surface area contributed by atoms with Gasteiger partial charge in [0.2, 0.25) is 5.88 Å². The van der Waals surface area contributed by atoms with Gasteiger partial charge in [-0.1, -0.05) is 18.8 Å². The zero-order valence-electron chi connectivity index (χ0n) is 23.9. The zero-order valence-corrected chi connectivity index (χ0v) is 23.9. The van der Waals surface area contributed by atoms with E-state index in [1.165, 1.54) is 13.3 Å². The molecular formula is C29H37FN4O6. The van der Waals surface area contributed by atoms with Crippen LogP contribution in [0.5, 0.6) is 11.6 Å². The van der Waals surface area contributed by atoms with E-state index in [2.05, 4.69) is 27.5 Å². The second-order valence-corrected chi connectivity index (χ2v) is 11.2. The molecule has 3 rings (SSSR count). The first kappa shape index (κ1) is 30.5. The zero-order chi connectivity index (χ0) is 29.8.